The summed E-state index contributed by atoms with van der Waals surface area (Å²) in [6.07, 6.45) is 2.31. The molecular formula is C22H19NOS. The molecule has 0 aromatic heterocycles. The van der Waals surface area contributed by atoms with E-state index in [-0.39, 0.29) is 5.25 Å². The number of hydrogen-bond donors (Lipinski definition) is 1. The van der Waals surface area contributed by atoms with Crippen molar-refractivity contribution in [3.63, 3.8) is 0 Å². The molecule has 0 amide bonds. The molecule has 0 saturated carbocycles. The Hall–Kier alpha value is -2.65. The molecule has 0 bridgehead atoms. The van der Waals surface area contributed by atoms with E-state index in [1.54, 1.807) is 7.11 Å². The van der Waals surface area contributed by atoms with Gasteiger partial charge in [0.1, 0.15) is 5.75 Å². The van der Waals surface area contributed by atoms with Gasteiger partial charge in [-0.3, -0.25) is 0 Å². The summed E-state index contributed by atoms with van der Waals surface area (Å²) in [5, 5.41) is 3.85. The first-order valence-corrected chi connectivity index (χ1v) is 9.15. The lowest BCUT2D eigenvalue weighted by molar-refractivity contribution is 0.414. The van der Waals surface area contributed by atoms with Crippen LogP contribution in [0.25, 0.3) is 5.70 Å². The molecule has 1 aliphatic heterocycles. The third-order valence-corrected chi connectivity index (χ3v) is 5.53. The minimum Gasteiger partial charge on any atom is -0.497 e. The van der Waals surface area contributed by atoms with Crippen molar-refractivity contribution >= 4 is 23.1 Å². The lowest BCUT2D eigenvalue weighted by Gasteiger charge is -2.13. The van der Waals surface area contributed by atoms with E-state index in [0.717, 1.165) is 17.1 Å². The number of thioether (sulfide) groups is 1. The normalized spacial score (nSPS) is 16.2. The lowest BCUT2D eigenvalue weighted by Crippen LogP contribution is -1.99. The lowest BCUT2D eigenvalue weighted by atomic mass is 10.1. The van der Waals surface area contributed by atoms with E-state index in [0.29, 0.717) is 0 Å². The van der Waals surface area contributed by atoms with Gasteiger partial charge in [0.15, 0.2) is 0 Å². The molecule has 0 fully saturated rings. The van der Waals surface area contributed by atoms with Crippen LogP contribution in [0.5, 0.6) is 5.75 Å². The maximum atomic E-state index is 5.29. The SMILES string of the molecule is COc1ccc(C2C=C(c3ccccc3)Nc3ccccc3S2)cc1. The fourth-order valence-electron chi connectivity index (χ4n) is 2.93. The predicted octanol–water partition coefficient (Wildman–Crippen LogP) is 6.00. The van der Waals surface area contributed by atoms with E-state index in [1.165, 1.54) is 16.0 Å². The Morgan fingerprint density at radius 1 is 0.840 bits per heavy atom. The van der Waals surface area contributed by atoms with Crippen LogP contribution in [0.4, 0.5) is 5.69 Å². The third-order valence-electron chi connectivity index (χ3n) is 4.26. The summed E-state index contributed by atoms with van der Waals surface area (Å²) >= 11 is 1.86. The zero-order chi connectivity index (χ0) is 17.1. The summed E-state index contributed by atoms with van der Waals surface area (Å²) in [7, 11) is 1.70. The Morgan fingerprint density at radius 3 is 2.32 bits per heavy atom. The second-order valence-corrected chi connectivity index (χ2v) is 7.06. The fourth-order valence-corrected chi connectivity index (χ4v) is 4.10. The van der Waals surface area contributed by atoms with Gasteiger partial charge >= 0.3 is 0 Å². The number of anilines is 1. The third kappa shape index (κ3) is 3.42. The molecule has 1 heterocycles. The van der Waals surface area contributed by atoms with Gasteiger partial charge in [0.05, 0.1) is 18.0 Å². The molecule has 3 heteroatoms. The van der Waals surface area contributed by atoms with Gasteiger partial charge in [-0.1, -0.05) is 54.6 Å². The number of benzene rings is 3. The van der Waals surface area contributed by atoms with E-state index < -0.39 is 0 Å². The Labute approximate surface area is 152 Å². The van der Waals surface area contributed by atoms with Crippen molar-refractivity contribution in [3.8, 4) is 5.75 Å². The maximum absolute atomic E-state index is 5.29. The zero-order valence-electron chi connectivity index (χ0n) is 14.0. The molecule has 25 heavy (non-hydrogen) atoms. The summed E-state index contributed by atoms with van der Waals surface area (Å²) in [6, 6.07) is 27.3. The molecule has 0 radical (unpaired) electrons. The molecule has 1 aliphatic rings. The highest BCUT2D eigenvalue weighted by Gasteiger charge is 2.19. The Bertz CT molecular complexity index is 887. The molecule has 3 aromatic rings. The number of methoxy groups -OCH3 is 1. The average Bonchev–Trinajstić information content (AvgIpc) is 2.88. The van der Waals surface area contributed by atoms with Crippen molar-refractivity contribution in [3.05, 3.63) is 96.1 Å². The van der Waals surface area contributed by atoms with Crippen molar-refractivity contribution in [2.45, 2.75) is 10.1 Å². The van der Waals surface area contributed by atoms with Gasteiger partial charge in [-0.15, -0.1) is 11.8 Å². The standard InChI is InChI=1S/C22H19NOS/c1-24-18-13-11-17(12-14-18)22-15-20(16-7-3-2-4-8-16)23-19-9-5-6-10-21(19)25-22/h2-15,22-23H,1H3. The van der Waals surface area contributed by atoms with Crippen LogP contribution in [0.3, 0.4) is 0 Å². The molecule has 124 valence electrons. The number of para-hydroxylation sites is 1. The first kappa shape index (κ1) is 15.9. The number of fused-ring (bicyclic) bond motifs is 1. The summed E-state index contributed by atoms with van der Waals surface area (Å²) in [6.45, 7) is 0. The highest BCUT2D eigenvalue weighted by Crippen LogP contribution is 2.44. The quantitative estimate of drug-likeness (QED) is 0.629. The Balaban J connectivity index is 1.78. The van der Waals surface area contributed by atoms with Gasteiger partial charge in [0, 0.05) is 10.6 Å². The van der Waals surface area contributed by atoms with Crippen LogP contribution in [0.1, 0.15) is 16.4 Å². The number of ether oxygens (including phenoxy) is 1. The zero-order valence-corrected chi connectivity index (χ0v) is 14.8. The van der Waals surface area contributed by atoms with Gasteiger partial charge in [-0.25, -0.2) is 0 Å². The number of hydrogen-bond acceptors (Lipinski definition) is 3. The van der Waals surface area contributed by atoms with Gasteiger partial charge in [-0.05, 0) is 41.5 Å². The van der Waals surface area contributed by atoms with Crippen molar-refractivity contribution in [2.24, 2.45) is 0 Å². The largest absolute Gasteiger partial charge is 0.497 e. The summed E-state index contributed by atoms with van der Waals surface area (Å²) in [5.74, 6) is 0.883. The molecule has 1 atom stereocenters. The summed E-state index contributed by atoms with van der Waals surface area (Å²) in [5.41, 5.74) is 4.74. The highest BCUT2D eigenvalue weighted by molar-refractivity contribution is 7.99. The van der Waals surface area contributed by atoms with Crippen LogP contribution < -0.4 is 10.1 Å². The molecule has 1 N–H and O–H groups in total. The average molecular weight is 345 g/mol. The van der Waals surface area contributed by atoms with Crippen molar-refractivity contribution in [1.82, 2.24) is 0 Å². The fraction of sp³-hybridized carbons (Fsp3) is 0.0909. The van der Waals surface area contributed by atoms with E-state index in [4.69, 9.17) is 4.74 Å². The van der Waals surface area contributed by atoms with E-state index in [1.807, 2.05) is 30.0 Å². The van der Waals surface area contributed by atoms with Crippen molar-refractivity contribution in [2.75, 3.05) is 12.4 Å². The Kier molecular flexibility index (Phi) is 4.49. The molecule has 4 rings (SSSR count). The second kappa shape index (κ2) is 7.08. The van der Waals surface area contributed by atoms with Crippen LogP contribution >= 0.6 is 11.8 Å². The summed E-state index contributed by atoms with van der Waals surface area (Å²) < 4.78 is 5.29. The first-order valence-electron chi connectivity index (χ1n) is 8.27. The smallest absolute Gasteiger partial charge is 0.118 e. The monoisotopic (exact) mass is 345 g/mol. The van der Waals surface area contributed by atoms with Crippen molar-refractivity contribution in [1.29, 1.82) is 0 Å². The Morgan fingerprint density at radius 2 is 1.56 bits per heavy atom. The first-order chi connectivity index (χ1) is 12.3. The van der Waals surface area contributed by atoms with E-state index in [9.17, 15) is 0 Å². The molecule has 0 aliphatic carbocycles. The minimum atomic E-state index is 0.234. The van der Waals surface area contributed by atoms with Crippen LogP contribution in [0.2, 0.25) is 0 Å². The molecule has 1 unspecified atom stereocenters. The van der Waals surface area contributed by atoms with Crippen LogP contribution in [-0.4, -0.2) is 7.11 Å². The predicted molar refractivity (Wildman–Crippen MR) is 106 cm³/mol. The van der Waals surface area contributed by atoms with E-state index in [2.05, 4.69) is 72.1 Å². The topological polar surface area (TPSA) is 21.3 Å². The number of nitrogens with one attached hydrogen (secondary N) is 1. The van der Waals surface area contributed by atoms with Crippen LogP contribution in [0, 0.1) is 0 Å². The van der Waals surface area contributed by atoms with Crippen LogP contribution in [-0.2, 0) is 0 Å². The van der Waals surface area contributed by atoms with Gasteiger partial charge in [0.25, 0.3) is 0 Å². The molecular weight excluding hydrogens is 326 g/mol. The van der Waals surface area contributed by atoms with Gasteiger partial charge in [0.2, 0.25) is 0 Å². The molecule has 2 nitrogen and oxygen atoms in total. The van der Waals surface area contributed by atoms with Crippen molar-refractivity contribution < 1.29 is 4.74 Å². The summed E-state index contributed by atoms with van der Waals surface area (Å²) in [4.78, 5) is 1.26. The minimum absolute atomic E-state index is 0.234. The van der Waals surface area contributed by atoms with E-state index >= 15 is 0 Å². The number of rotatable bonds is 3. The van der Waals surface area contributed by atoms with Gasteiger partial charge in [-0.2, -0.15) is 0 Å². The van der Waals surface area contributed by atoms with Crippen LogP contribution in [0.15, 0.2) is 89.8 Å². The maximum Gasteiger partial charge on any atom is 0.118 e. The van der Waals surface area contributed by atoms with Gasteiger partial charge < -0.3 is 10.1 Å². The molecule has 3 aromatic carbocycles. The molecule has 0 spiro atoms. The molecule has 0 saturated heterocycles. The second-order valence-electron chi connectivity index (χ2n) is 5.88. The highest BCUT2D eigenvalue weighted by atomic mass is 32.2.